The Morgan fingerprint density at radius 1 is 1.03 bits per heavy atom. The highest BCUT2D eigenvalue weighted by Gasteiger charge is 2.19. The summed E-state index contributed by atoms with van der Waals surface area (Å²) in [6, 6.07) is 13.7. The Hall–Kier alpha value is -3.25. The molecule has 0 radical (unpaired) electrons. The highest BCUT2D eigenvalue weighted by Crippen LogP contribution is 2.41. The second kappa shape index (κ2) is 7.64. The number of nitrogens with zero attached hydrogens (tertiary/aromatic N) is 2. The van der Waals surface area contributed by atoms with Gasteiger partial charge in [-0.1, -0.05) is 30.3 Å². The zero-order valence-corrected chi connectivity index (χ0v) is 17.6. The van der Waals surface area contributed by atoms with Crippen LogP contribution in [0.25, 0.3) is 21.3 Å². The minimum Gasteiger partial charge on any atom is -0.465 e. The summed E-state index contributed by atoms with van der Waals surface area (Å²) < 4.78 is 4.91. The van der Waals surface area contributed by atoms with Crippen molar-refractivity contribution in [2.75, 3.05) is 12.4 Å². The van der Waals surface area contributed by atoms with E-state index in [-0.39, 0.29) is 0 Å². The lowest BCUT2D eigenvalue weighted by atomic mass is 9.99. The Bertz CT molecular complexity index is 1230. The Morgan fingerprint density at radius 3 is 2.59 bits per heavy atom. The van der Waals surface area contributed by atoms with Crippen LogP contribution in [0.1, 0.15) is 26.4 Å². The van der Waals surface area contributed by atoms with Crippen molar-refractivity contribution >= 4 is 39.0 Å². The summed E-state index contributed by atoms with van der Waals surface area (Å²) in [5, 5.41) is 4.29. The van der Waals surface area contributed by atoms with Gasteiger partial charge in [-0.15, -0.1) is 11.3 Å². The average molecular weight is 404 g/mol. The third-order valence-electron chi connectivity index (χ3n) is 5.05. The number of thiophene rings is 1. The van der Waals surface area contributed by atoms with Gasteiger partial charge in [0, 0.05) is 10.4 Å². The van der Waals surface area contributed by atoms with Gasteiger partial charge in [-0.3, -0.25) is 0 Å². The standard InChI is InChI=1S/C23H21N3O2S/c1-13-9-10-16(11-14(13)2)19-15(3)29-22-20(19)21(24-12-25-22)26-18-8-6-5-7-17(18)23(27)28-4/h5-12H,1-4H3,(H,24,25,26). The summed E-state index contributed by atoms with van der Waals surface area (Å²) in [6.07, 6.45) is 1.55. The van der Waals surface area contributed by atoms with Crippen LogP contribution in [0.3, 0.4) is 0 Å². The van der Waals surface area contributed by atoms with E-state index in [0.29, 0.717) is 17.1 Å². The van der Waals surface area contributed by atoms with Crippen LogP contribution in [0.4, 0.5) is 11.5 Å². The monoisotopic (exact) mass is 403 g/mol. The maximum absolute atomic E-state index is 12.2. The van der Waals surface area contributed by atoms with Gasteiger partial charge in [-0.05, 0) is 49.6 Å². The number of methoxy groups -OCH3 is 1. The minimum absolute atomic E-state index is 0.394. The number of ether oxygens (including phenoxy) is 1. The molecule has 2 aromatic heterocycles. The molecule has 0 saturated heterocycles. The second-order valence-electron chi connectivity index (χ2n) is 6.90. The predicted molar refractivity (Wildman–Crippen MR) is 118 cm³/mol. The summed E-state index contributed by atoms with van der Waals surface area (Å²) in [5.41, 5.74) is 5.86. The number of hydrogen-bond donors (Lipinski definition) is 1. The van der Waals surface area contributed by atoms with Crippen molar-refractivity contribution in [1.82, 2.24) is 9.97 Å². The Morgan fingerprint density at radius 2 is 1.83 bits per heavy atom. The van der Waals surface area contributed by atoms with Gasteiger partial charge in [0.05, 0.1) is 23.7 Å². The zero-order chi connectivity index (χ0) is 20.5. The van der Waals surface area contributed by atoms with E-state index in [1.807, 2.05) is 18.2 Å². The van der Waals surface area contributed by atoms with Crippen LogP contribution >= 0.6 is 11.3 Å². The molecule has 0 spiro atoms. The van der Waals surface area contributed by atoms with Crippen molar-refractivity contribution in [1.29, 1.82) is 0 Å². The molecule has 0 aliphatic carbocycles. The number of aromatic nitrogens is 2. The van der Waals surface area contributed by atoms with Gasteiger partial charge < -0.3 is 10.1 Å². The van der Waals surface area contributed by atoms with Crippen molar-refractivity contribution in [3.63, 3.8) is 0 Å². The summed E-state index contributed by atoms with van der Waals surface area (Å²) in [7, 11) is 1.38. The van der Waals surface area contributed by atoms with Gasteiger partial charge in [-0.2, -0.15) is 0 Å². The van der Waals surface area contributed by atoms with E-state index in [1.165, 1.54) is 23.1 Å². The third kappa shape index (κ3) is 3.47. The number of nitrogens with one attached hydrogen (secondary N) is 1. The van der Waals surface area contributed by atoms with E-state index in [9.17, 15) is 4.79 Å². The maximum Gasteiger partial charge on any atom is 0.339 e. The molecule has 4 rings (SSSR count). The smallest absolute Gasteiger partial charge is 0.339 e. The minimum atomic E-state index is -0.394. The molecule has 0 unspecified atom stereocenters. The van der Waals surface area contributed by atoms with E-state index in [1.54, 1.807) is 23.7 Å². The Kier molecular flexibility index (Phi) is 5.03. The molecule has 2 heterocycles. The van der Waals surface area contributed by atoms with Crippen molar-refractivity contribution in [2.45, 2.75) is 20.8 Å². The van der Waals surface area contributed by atoms with E-state index >= 15 is 0 Å². The van der Waals surface area contributed by atoms with E-state index < -0.39 is 5.97 Å². The molecule has 1 N–H and O–H groups in total. The summed E-state index contributed by atoms with van der Waals surface area (Å²) in [4.78, 5) is 23.2. The lowest BCUT2D eigenvalue weighted by molar-refractivity contribution is 0.0602. The fourth-order valence-corrected chi connectivity index (χ4v) is 4.40. The Labute approximate surface area is 173 Å². The molecule has 6 heteroatoms. The maximum atomic E-state index is 12.2. The molecule has 29 heavy (non-hydrogen) atoms. The van der Waals surface area contributed by atoms with Crippen molar-refractivity contribution < 1.29 is 9.53 Å². The van der Waals surface area contributed by atoms with E-state index in [4.69, 9.17) is 4.74 Å². The van der Waals surface area contributed by atoms with Crippen molar-refractivity contribution in [3.05, 3.63) is 70.4 Å². The number of rotatable bonds is 4. The first-order chi connectivity index (χ1) is 14.0. The number of carbonyl (C=O) groups is 1. The van der Waals surface area contributed by atoms with Crippen LogP contribution in [0.5, 0.6) is 0 Å². The van der Waals surface area contributed by atoms with Gasteiger partial charge in [-0.25, -0.2) is 14.8 Å². The number of aryl methyl sites for hydroxylation is 3. The van der Waals surface area contributed by atoms with Crippen molar-refractivity contribution in [3.8, 4) is 11.1 Å². The molecule has 146 valence electrons. The quantitative estimate of drug-likeness (QED) is 0.435. The first-order valence-corrected chi connectivity index (χ1v) is 10.1. The van der Waals surface area contributed by atoms with Crippen LogP contribution in [-0.4, -0.2) is 23.0 Å². The number of carbonyl (C=O) groups excluding carboxylic acids is 1. The Balaban J connectivity index is 1.89. The van der Waals surface area contributed by atoms with Crippen LogP contribution < -0.4 is 5.32 Å². The first-order valence-electron chi connectivity index (χ1n) is 9.25. The van der Waals surface area contributed by atoms with Crippen LogP contribution in [-0.2, 0) is 4.74 Å². The predicted octanol–water partition coefficient (Wildman–Crippen LogP) is 5.81. The summed E-state index contributed by atoms with van der Waals surface area (Å²) in [5.74, 6) is 0.276. The molecule has 0 aliphatic rings. The molecule has 5 nitrogen and oxygen atoms in total. The fraction of sp³-hybridized carbons (Fsp3) is 0.174. The van der Waals surface area contributed by atoms with Gasteiger partial charge in [0.2, 0.25) is 0 Å². The average Bonchev–Trinajstić information content (AvgIpc) is 3.07. The van der Waals surface area contributed by atoms with Gasteiger partial charge in [0.15, 0.2) is 0 Å². The highest BCUT2D eigenvalue weighted by molar-refractivity contribution is 7.19. The normalized spacial score (nSPS) is 10.9. The molecule has 0 fully saturated rings. The molecule has 0 aliphatic heterocycles. The van der Waals surface area contributed by atoms with Gasteiger partial charge in [0.25, 0.3) is 0 Å². The number of hydrogen-bond acceptors (Lipinski definition) is 6. The largest absolute Gasteiger partial charge is 0.465 e. The SMILES string of the molecule is COC(=O)c1ccccc1Nc1ncnc2sc(C)c(-c3ccc(C)c(C)c3)c12. The topological polar surface area (TPSA) is 64.1 Å². The number of esters is 1. The molecule has 0 saturated carbocycles. The van der Waals surface area contributed by atoms with Crippen molar-refractivity contribution in [2.24, 2.45) is 0 Å². The molecule has 0 amide bonds. The zero-order valence-electron chi connectivity index (χ0n) is 16.7. The van der Waals surface area contributed by atoms with Crippen LogP contribution in [0.15, 0.2) is 48.8 Å². The van der Waals surface area contributed by atoms with Crippen LogP contribution in [0, 0.1) is 20.8 Å². The first kappa shape index (κ1) is 19.1. The molecular weight excluding hydrogens is 382 g/mol. The van der Waals surface area contributed by atoms with Crippen LogP contribution in [0.2, 0.25) is 0 Å². The summed E-state index contributed by atoms with van der Waals surface area (Å²) in [6.45, 7) is 6.32. The van der Waals surface area contributed by atoms with E-state index in [0.717, 1.165) is 21.3 Å². The molecule has 0 atom stereocenters. The lowest BCUT2D eigenvalue weighted by Gasteiger charge is -2.12. The van der Waals surface area contributed by atoms with E-state index in [2.05, 4.69) is 54.3 Å². The third-order valence-corrected chi connectivity index (χ3v) is 6.06. The highest BCUT2D eigenvalue weighted by atomic mass is 32.1. The fourth-order valence-electron chi connectivity index (χ4n) is 3.39. The number of fused-ring (bicyclic) bond motifs is 1. The second-order valence-corrected chi connectivity index (χ2v) is 8.10. The lowest BCUT2D eigenvalue weighted by Crippen LogP contribution is -2.06. The molecule has 4 aromatic rings. The molecular formula is C23H21N3O2S. The summed E-state index contributed by atoms with van der Waals surface area (Å²) >= 11 is 1.64. The van der Waals surface area contributed by atoms with Gasteiger partial charge in [0.1, 0.15) is 17.0 Å². The number of para-hydroxylation sites is 1. The van der Waals surface area contributed by atoms with Gasteiger partial charge >= 0.3 is 5.97 Å². The molecule has 2 aromatic carbocycles. The number of benzene rings is 2. The molecule has 0 bridgehead atoms. The number of anilines is 2.